The van der Waals surface area contributed by atoms with E-state index in [1.165, 1.54) is 17.0 Å². The highest BCUT2D eigenvalue weighted by atomic mass is 19.4. The van der Waals surface area contributed by atoms with Crippen LogP contribution in [0.3, 0.4) is 0 Å². The third-order valence-corrected chi connectivity index (χ3v) is 8.25. The number of alkyl halides is 3. The van der Waals surface area contributed by atoms with Crippen LogP contribution in [-0.4, -0.2) is 86.2 Å². The molecule has 8 N–H and O–H groups in total. The number of nitrogens with one attached hydrogen (secondary N) is 1. The molecular formula is C26H32F3N3O7. The summed E-state index contributed by atoms with van der Waals surface area (Å²) in [6, 6.07) is 1.65. The molecule has 0 saturated heterocycles. The maximum atomic E-state index is 14.0. The summed E-state index contributed by atoms with van der Waals surface area (Å²) < 4.78 is 37.7. The molecule has 1 amide bonds. The number of aliphatic hydroxyl groups excluding tert-OH is 2. The van der Waals surface area contributed by atoms with Crippen LogP contribution in [-0.2, 0) is 22.6 Å². The molecular weight excluding hydrogens is 523 g/mol. The molecule has 1 aromatic carbocycles. The van der Waals surface area contributed by atoms with Gasteiger partial charge in [0.25, 0.3) is 5.91 Å². The second-order valence-electron chi connectivity index (χ2n) is 10.8. The number of benzene rings is 1. The predicted octanol–water partition coefficient (Wildman–Crippen LogP) is 1.19. The van der Waals surface area contributed by atoms with Crippen LogP contribution in [0.25, 0.3) is 5.76 Å². The number of aliphatic hydroxyl groups is 4. The minimum Gasteiger partial charge on any atom is -0.510 e. The van der Waals surface area contributed by atoms with Gasteiger partial charge in [-0.3, -0.25) is 14.5 Å². The lowest BCUT2D eigenvalue weighted by Crippen LogP contribution is -2.73. The van der Waals surface area contributed by atoms with E-state index in [2.05, 4.69) is 5.32 Å². The van der Waals surface area contributed by atoms with Crippen molar-refractivity contribution >= 4 is 17.4 Å². The normalized spacial score (nSPS) is 30.8. The molecule has 1 aromatic rings. The zero-order valence-electron chi connectivity index (χ0n) is 21.6. The Balaban J connectivity index is 1.82. The Morgan fingerprint density at radius 2 is 1.85 bits per heavy atom. The molecule has 214 valence electrons. The van der Waals surface area contributed by atoms with Crippen molar-refractivity contribution in [1.82, 2.24) is 10.2 Å². The summed E-state index contributed by atoms with van der Waals surface area (Å²) in [5.74, 6) is -5.81. The van der Waals surface area contributed by atoms with Crippen molar-refractivity contribution in [3.8, 4) is 5.75 Å². The summed E-state index contributed by atoms with van der Waals surface area (Å²) in [5.41, 5.74) is -0.0317. The quantitative estimate of drug-likeness (QED) is 0.254. The lowest BCUT2D eigenvalue weighted by Gasteiger charge is -2.56. The van der Waals surface area contributed by atoms with Crippen molar-refractivity contribution < 1.29 is 48.3 Å². The van der Waals surface area contributed by atoms with E-state index < -0.39 is 70.5 Å². The van der Waals surface area contributed by atoms with E-state index in [0.717, 1.165) is 6.92 Å². The van der Waals surface area contributed by atoms with Gasteiger partial charge in [-0.1, -0.05) is 6.07 Å². The number of ketones is 1. The molecule has 39 heavy (non-hydrogen) atoms. The number of nitrogens with two attached hydrogens (primary N) is 1. The summed E-state index contributed by atoms with van der Waals surface area (Å²) in [4.78, 5) is 27.7. The van der Waals surface area contributed by atoms with Gasteiger partial charge in [0.15, 0.2) is 11.4 Å². The van der Waals surface area contributed by atoms with Crippen LogP contribution in [0.1, 0.15) is 36.5 Å². The SMILES string of the molecule is CN(C)[C@@H]1C(O)=C(C(N)=O)C(C)(O)[C@@]2(O)C(=O)C3=C(O)c4c(O)ccc(CNCCC(F)(F)F)c4C[C@H]3C[C@@H]12. The molecule has 5 atom stereocenters. The van der Waals surface area contributed by atoms with Gasteiger partial charge in [-0.2, -0.15) is 13.2 Å². The van der Waals surface area contributed by atoms with Crippen molar-refractivity contribution in [2.45, 2.75) is 56.2 Å². The maximum Gasteiger partial charge on any atom is 0.390 e. The van der Waals surface area contributed by atoms with Crippen molar-refractivity contribution in [3.63, 3.8) is 0 Å². The lowest BCUT2D eigenvalue weighted by molar-refractivity contribution is -0.194. The highest BCUT2D eigenvalue weighted by Crippen LogP contribution is 2.56. The number of phenolic OH excluding ortho intramolecular Hbond substituents is 1. The topological polar surface area (TPSA) is 177 Å². The number of hydrogen-bond donors (Lipinski definition) is 7. The molecule has 0 spiro atoms. The Morgan fingerprint density at radius 1 is 1.21 bits per heavy atom. The minimum atomic E-state index is -4.34. The molecule has 0 heterocycles. The molecule has 1 unspecified atom stereocenters. The van der Waals surface area contributed by atoms with Gasteiger partial charge in [-0.15, -0.1) is 0 Å². The van der Waals surface area contributed by atoms with Crippen LogP contribution in [0.5, 0.6) is 5.75 Å². The molecule has 13 heteroatoms. The Kier molecular flexibility index (Phi) is 7.04. The molecule has 0 radical (unpaired) electrons. The number of hydrogen-bond acceptors (Lipinski definition) is 9. The van der Waals surface area contributed by atoms with Gasteiger partial charge in [0.2, 0.25) is 0 Å². The number of halogens is 3. The standard InChI is InChI=1S/C26H32F3N3O7/c1-24(38)18(23(30)37)21(35)19(32(2)3)14-9-12-8-13-11(10-31-7-6-25(27,28)29)4-5-15(33)17(13)20(34)16(12)22(36)26(14,24)39/h4-5,12,14,19,31,33-35,38-39H,6-10H2,1-3H3,(H2,30,37)/t12-,14-,19-,24?,26-/m0/s1. The summed E-state index contributed by atoms with van der Waals surface area (Å²) in [6.07, 6.45) is -5.34. The van der Waals surface area contributed by atoms with Gasteiger partial charge in [0.1, 0.15) is 22.9 Å². The first kappa shape index (κ1) is 28.9. The third-order valence-electron chi connectivity index (χ3n) is 8.25. The Hall–Kier alpha value is -3.13. The van der Waals surface area contributed by atoms with Crippen LogP contribution >= 0.6 is 0 Å². The monoisotopic (exact) mass is 555 g/mol. The average molecular weight is 556 g/mol. The highest BCUT2D eigenvalue weighted by Gasteiger charge is 2.69. The largest absolute Gasteiger partial charge is 0.510 e. The highest BCUT2D eigenvalue weighted by molar-refractivity contribution is 6.12. The van der Waals surface area contributed by atoms with Gasteiger partial charge in [0, 0.05) is 24.6 Å². The number of primary amides is 1. The molecule has 3 aliphatic rings. The van der Waals surface area contributed by atoms with Crippen molar-refractivity contribution in [3.05, 3.63) is 45.7 Å². The fourth-order valence-corrected chi connectivity index (χ4v) is 6.50. The molecule has 0 aliphatic heterocycles. The first-order valence-electron chi connectivity index (χ1n) is 12.4. The van der Waals surface area contributed by atoms with Crippen LogP contribution < -0.4 is 11.1 Å². The van der Waals surface area contributed by atoms with Gasteiger partial charge >= 0.3 is 6.18 Å². The van der Waals surface area contributed by atoms with E-state index in [-0.39, 0.29) is 42.8 Å². The molecule has 0 bridgehead atoms. The van der Waals surface area contributed by atoms with Gasteiger partial charge in [-0.25, -0.2) is 0 Å². The predicted molar refractivity (Wildman–Crippen MR) is 132 cm³/mol. The maximum absolute atomic E-state index is 14.0. The summed E-state index contributed by atoms with van der Waals surface area (Å²) >= 11 is 0. The minimum absolute atomic E-state index is 0.00410. The Labute approximate surface area is 222 Å². The average Bonchev–Trinajstić information content (AvgIpc) is 2.79. The number of Topliss-reactive ketones (excluding diaryl/α,β-unsaturated/α-hetero) is 1. The number of phenols is 1. The van der Waals surface area contributed by atoms with Gasteiger partial charge in [-0.05, 0) is 57.0 Å². The number of aromatic hydroxyl groups is 1. The lowest BCUT2D eigenvalue weighted by atomic mass is 9.52. The zero-order chi connectivity index (χ0) is 29.2. The van der Waals surface area contributed by atoms with E-state index in [0.29, 0.717) is 11.1 Å². The summed E-state index contributed by atoms with van der Waals surface area (Å²) in [6.45, 7) is 0.642. The van der Waals surface area contributed by atoms with Crippen molar-refractivity contribution in [2.75, 3.05) is 20.6 Å². The van der Waals surface area contributed by atoms with E-state index in [1.807, 2.05) is 0 Å². The number of rotatable bonds is 6. The van der Waals surface area contributed by atoms with Gasteiger partial charge in [0.05, 0.1) is 23.6 Å². The van der Waals surface area contributed by atoms with Crippen LogP contribution in [0.15, 0.2) is 29.0 Å². The second kappa shape index (κ2) is 9.51. The number of nitrogens with zero attached hydrogens (tertiary/aromatic N) is 1. The second-order valence-corrected chi connectivity index (χ2v) is 10.8. The number of fused-ring (bicyclic) bond motifs is 3. The van der Waals surface area contributed by atoms with Crippen molar-refractivity contribution in [1.29, 1.82) is 0 Å². The Morgan fingerprint density at radius 3 is 2.41 bits per heavy atom. The summed E-state index contributed by atoms with van der Waals surface area (Å²) in [7, 11) is 3.10. The van der Waals surface area contributed by atoms with Crippen molar-refractivity contribution in [2.24, 2.45) is 17.6 Å². The van der Waals surface area contributed by atoms with E-state index >= 15 is 0 Å². The smallest absolute Gasteiger partial charge is 0.390 e. The molecule has 4 rings (SSSR count). The number of carbonyl (C=O) groups excluding carboxylic acids is 2. The van der Waals surface area contributed by atoms with Crippen LogP contribution in [0.2, 0.25) is 0 Å². The van der Waals surface area contributed by atoms with E-state index in [4.69, 9.17) is 5.73 Å². The molecule has 1 fully saturated rings. The number of carbonyl (C=O) groups is 2. The first-order chi connectivity index (χ1) is 17.9. The molecule has 1 saturated carbocycles. The fraction of sp³-hybridized carbons (Fsp3) is 0.538. The van der Waals surface area contributed by atoms with Crippen LogP contribution in [0, 0.1) is 11.8 Å². The molecule has 10 nitrogen and oxygen atoms in total. The summed E-state index contributed by atoms with van der Waals surface area (Å²) in [5, 5.41) is 58.8. The fourth-order valence-electron chi connectivity index (χ4n) is 6.50. The first-order valence-corrected chi connectivity index (χ1v) is 12.4. The zero-order valence-corrected chi connectivity index (χ0v) is 21.6. The molecule has 3 aliphatic carbocycles. The van der Waals surface area contributed by atoms with E-state index in [1.54, 1.807) is 14.1 Å². The van der Waals surface area contributed by atoms with E-state index in [9.17, 15) is 48.3 Å². The van der Waals surface area contributed by atoms with Crippen LogP contribution in [0.4, 0.5) is 13.2 Å². The Bertz CT molecular complexity index is 1290. The number of likely N-dealkylation sites (N-methyl/N-ethyl adjacent to an activating group) is 1. The number of amides is 1. The molecule has 0 aromatic heterocycles. The third kappa shape index (κ3) is 4.37. The van der Waals surface area contributed by atoms with Gasteiger partial charge < -0.3 is 36.6 Å².